The molecular weight excluding hydrogens is 404 g/mol. The maximum atomic E-state index is 11.8. The van der Waals surface area contributed by atoms with Crippen LogP contribution in [0.3, 0.4) is 0 Å². The number of nitrogens with one attached hydrogen (secondary N) is 1. The number of pyridine rings is 1. The molecule has 0 bridgehead atoms. The van der Waals surface area contributed by atoms with Gasteiger partial charge in [0.2, 0.25) is 5.95 Å². The largest absolute Gasteiger partial charge is 0.457 e. The second-order valence-corrected chi connectivity index (χ2v) is 7.55. The first-order valence-corrected chi connectivity index (χ1v) is 10.5. The lowest BCUT2D eigenvalue weighted by Crippen LogP contribution is -2.10. The van der Waals surface area contributed by atoms with E-state index in [1.807, 2.05) is 29.8 Å². The van der Waals surface area contributed by atoms with Crippen LogP contribution in [0.5, 0.6) is 11.5 Å². The van der Waals surface area contributed by atoms with Gasteiger partial charge in [0.05, 0.1) is 23.1 Å². The van der Waals surface area contributed by atoms with E-state index >= 15 is 0 Å². The molecule has 32 heavy (non-hydrogen) atoms. The lowest BCUT2D eigenvalue weighted by Gasteiger charge is -2.08. The van der Waals surface area contributed by atoms with Crippen LogP contribution >= 0.6 is 0 Å². The monoisotopic (exact) mass is 430 g/mol. The lowest BCUT2D eigenvalue weighted by molar-refractivity contribution is -0.122. The fourth-order valence-electron chi connectivity index (χ4n) is 3.47. The summed E-state index contributed by atoms with van der Waals surface area (Å²) in [4.78, 5) is 20.8. The van der Waals surface area contributed by atoms with Crippen molar-refractivity contribution >= 4 is 28.5 Å². The van der Waals surface area contributed by atoms with Crippen molar-refractivity contribution in [3.8, 4) is 11.5 Å². The Morgan fingerprint density at radius 3 is 2.59 bits per heavy atom. The van der Waals surface area contributed by atoms with Crippen LogP contribution in [0.1, 0.15) is 18.2 Å². The highest BCUT2D eigenvalue weighted by Gasteiger charge is 2.11. The number of methoxy groups -OCH3 is 1. The SMILES string of the molecule is CCc1ccc(Nc2nc3cc(Oc4ccnc(CC(=O)COC)c4)ccc3n2C)cc1. The first-order chi connectivity index (χ1) is 15.6. The van der Waals surface area contributed by atoms with E-state index in [0.29, 0.717) is 17.2 Å². The third-order valence-electron chi connectivity index (χ3n) is 5.18. The van der Waals surface area contributed by atoms with Crippen LogP contribution in [0.25, 0.3) is 11.0 Å². The molecule has 0 saturated carbocycles. The van der Waals surface area contributed by atoms with Crippen LogP contribution in [-0.2, 0) is 29.4 Å². The van der Waals surface area contributed by atoms with Gasteiger partial charge in [0.25, 0.3) is 0 Å². The summed E-state index contributed by atoms with van der Waals surface area (Å²) < 4.78 is 12.9. The van der Waals surface area contributed by atoms with Gasteiger partial charge >= 0.3 is 0 Å². The van der Waals surface area contributed by atoms with Gasteiger partial charge in [-0.25, -0.2) is 4.98 Å². The quantitative estimate of drug-likeness (QED) is 0.410. The number of rotatable bonds is 9. The molecule has 0 radical (unpaired) electrons. The Kier molecular flexibility index (Phi) is 6.47. The molecule has 2 aromatic heterocycles. The summed E-state index contributed by atoms with van der Waals surface area (Å²) in [6.45, 7) is 2.21. The summed E-state index contributed by atoms with van der Waals surface area (Å²) in [6.07, 6.45) is 2.85. The van der Waals surface area contributed by atoms with Crippen LogP contribution in [-0.4, -0.2) is 34.0 Å². The van der Waals surface area contributed by atoms with E-state index in [9.17, 15) is 4.79 Å². The lowest BCUT2D eigenvalue weighted by atomic mass is 10.1. The predicted molar refractivity (Wildman–Crippen MR) is 125 cm³/mol. The maximum Gasteiger partial charge on any atom is 0.208 e. The van der Waals surface area contributed by atoms with Gasteiger partial charge in [-0.2, -0.15) is 0 Å². The number of anilines is 2. The molecule has 0 aliphatic carbocycles. The van der Waals surface area contributed by atoms with E-state index in [2.05, 4.69) is 41.5 Å². The Bertz CT molecular complexity index is 1230. The Hall–Kier alpha value is -3.71. The fraction of sp³-hybridized carbons (Fsp3) is 0.240. The summed E-state index contributed by atoms with van der Waals surface area (Å²) in [5, 5.41) is 3.38. The molecule has 0 fully saturated rings. The zero-order chi connectivity index (χ0) is 22.5. The van der Waals surface area contributed by atoms with Gasteiger partial charge in [0, 0.05) is 38.2 Å². The first-order valence-electron chi connectivity index (χ1n) is 10.5. The summed E-state index contributed by atoms with van der Waals surface area (Å²) in [5.41, 5.74) is 4.74. The number of fused-ring (bicyclic) bond motifs is 1. The Balaban J connectivity index is 1.52. The van der Waals surface area contributed by atoms with Crippen molar-refractivity contribution in [1.82, 2.24) is 14.5 Å². The summed E-state index contributed by atoms with van der Waals surface area (Å²) in [7, 11) is 3.48. The summed E-state index contributed by atoms with van der Waals surface area (Å²) >= 11 is 0. The number of hydrogen-bond donors (Lipinski definition) is 1. The number of hydrogen-bond acceptors (Lipinski definition) is 6. The molecule has 0 amide bonds. The van der Waals surface area contributed by atoms with Gasteiger partial charge in [0.1, 0.15) is 18.1 Å². The second-order valence-electron chi connectivity index (χ2n) is 7.55. The molecule has 0 aliphatic rings. The minimum absolute atomic E-state index is 0.0311. The molecule has 7 nitrogen and oxygen atoms in total. The molecule has 0 aliphatic heterocycles. The average molecular weight is 431 g/mol. The van der Waals surface area contributed by atoms with Gasteiger partial charge < -0.3 is 19.4 Å². The zero-order valence-electron chi connectivity index (χ0n) is 18.5. The highest BCUT2D eigenvalue weighted by Crippen LogP contribution is 2.28. The maximum absolute atomic E-state index is 11.8. The molecule has 0 saturated heterocycles. The number of aryl methyl sites for hydroxylation is 2. The van der Waals surface area contributed by atoms with Crippen LogP contribution < -0.4 is 10.1 Å². The number of Topliss-reactive ketones (excluding diaryl/α,β-unsaturated/α-hetero) is 1. The minimum Gasteiger partial charge on any atom is -0.457 e. The zero-order valence-corrected chi connectivity index (χ0v) is 18.5. The standard InChI is InChI=1S/C25H26N4O3/c1-4-17-5-7-18(8-6-17)27-25-28-23-15-21(9-10-24(23)29(25)2)32-22-11-12-26-19(14-22)13-20(30)16-31-3/h5-12,14-15H,4,13,16H2,1-3H3,(H,27,28). The Morgan fingerprint density at radius 2 is 1.84 bits per heavy atom. The molecule has 0 atom stereocenters. The van der Waals surface area contributed by atoms with Crippen LogP contribution in [0.4, 0.5) is 11.6 Å². The van der Waals surface area contributed by atoms with Gasteiger partial charge in [-0.1, -0.05) is 19.1 Å². The number of ketones is 1. The fourth-order valence-corrected chi connectivity index (χ4v) is 3.47. The molecule has 0 unspecified atom stereocenters. The smallest absolute Gasteiger partial charge is 0.208 e. The topological polar surface area (TPSA) is 78.3 Å². The van der Waals surface area contributed by atoms with Gasteiger partial charge in [0.15, 0.2) is 5.78 Å². The van der Waals surface area contributed by atoms with Crippen molar-refractivity contribution in [1.29, 1.82) is 0 Å². The average Bonchev–Trinajstić information content (AvgIpc) is 3.09. The van der Waals surface area contributed by atoms with Crippen molar-refractivity contribution in [2.45, 2.75) is 19.8 Å². The van der Waals surface area contributed by atoms with Crippen molar-refractivity contribution in [2.24, 2.45) is 7.05 Å². The van der Waals surface area contributed by atoms with Crippen molar-refractivity contribution in [3.05, 3.63) is 72.1 Å². The molecule has 1 N–H and O–H groups in total. The molecular formula is C25H26N4O3. The number of carbonyl (C=O) groups excluding carboxylic acids is 1. The van der Waals surface area contributed by atoms with Crippen molar-refractivity contribution in [2.75, 3.05) is 19.0 Å². The van der Waals surface area contributed by atoms with E-state index in [4.69, 9.17) is 14.5 Å². The number of carbonyl (C=O) groups is 1. The number of aromatic nitrogens is 3. The Labute approximate surface area is 187 Å². The third kappa shape index (κ3) is 4.95. The molecule has 0 spiro atoms. The van der Waals surface area contributed by atoms with Gasteiger partial charge in [-0.15, -0.1) is 0 Å². The van der Waals surface area contributed by atoms with E-state index in [1.165, 1.54) is 12.7 Å². The van der Waals surface area contributed by atoms with Crippen molar-refractivity contribution < 1.29 is 14.3 Å². The molecule has 2 heterocycles. The van der Waals surface area contributed by atoms with E-state index in [0.717, 1.165) is 29.1 Å². The minimum atomic E-state index is -0.0311. The number of benzene rings is 2. The highest BCUT2D eigenvalue weighted by molar-refractivity contribution is 5.82. The second kappa shape index (κ2) is 9.62. The molecule has 2 aromatic carbocycles. The summed E-state index contributed by atoms with van der Waals surface area (Å²) in [5.74, 6) is 2.00. The molecule has 164 valence electrons. The van der Waals surface area contributed by atoms with E-state index in [-0.39, 0.29) is 18.8 Å². The summed E-state index contributed by atoms with van der Waals surface area (Å²) in [6, 6.07) is 17.7. The van der Waals surface area contributed by atoms with E-state index in [1.54, 1.807) is 18.3 Å². The predicted octanol–water partition coefficient (Wildman–Crippen LogP) is 4.82. The molecule has 7 heteroatoms. The first kappa shape index (κ1) is 21.5. The van der Waals surface area contributed by atoms with Gasteiger partial charge in [-0.05, 0) is 42.3 Å². The molecule has 4 rings (SSSR count). The van der Waals surface area contributed by atoms with Crippen molar-refractivity contribution in [3.63, 3.8) is 0 Å². The highest BCUT2D eigenvalue weighted by atomic mass is 16.5. The van der Waals surface area contributed by atoms with Crippen LogP contribution in [0.15, 0.2) is 60.8 Å². The van der Waals surface area contributed by atoms with Crippen LogP contribution in [0.2, 0.25) is 0 Å². The Morgan fingerprint density at radius 1 is 1.06 bits per heavy atom. The normalized spacial score (nSPS) is 11.0. The van der Waals surface area contributed by atoms with Crippen LogP contribution in [0, 0.1) is 0 Å². The van der Waals surface area contributed by atoms with E-state index < -0.39 is 0 Å². The van der Waals surface area contributed by atoms with Gasteiger partial charge in [-0.3, -0.25) is 9.78 Å². The number of nitrogens with zero attached hydrogens (tertiary/aromatic N) is 3. The number of imidazole rings is 1. The molecule has 4 aromatic rings. The third-order valence-corrected chi connectivity index (χ3v) is 5.18. The number of ether oxygens (including phenoxy) is 2.